The van der Waals surface area contributed by atoms with E-state index in [-0.39, 0.29) is 0 Å². The summed E-state index contributed by atoms with van der Waals surface area (Å²) in [6, 6.07) is 64.4. The molecule has 266 valence electrons. The van der Waals surface area contributed by atoms with Crippen molar-refractivity contribution in [2.45, 2.75) is 40.8 Å². The molecule has 0 saturated carbocycles. The van der Waals surface area contributed by atoms with E-state index >= 15 is 0 Å². The fourth-order valence-corrected chi connectivity index (χ4v) is 13.9. The van der Waals surface area contributed by atoms with E-state index in [0.29, 0.717) is 0 Å². The van der Waals surface area contributed by atoms with Crippen LogP contribution in [0.4, 0.5) is 0 Å². The lowest BCUT2D eigenvalue weighted by Crippen LogP contribution is -2.59. The number of rotatable bonds is 14. The smallest absolute Gasteiger partial charge is 0.182 e. The zero-order chi connectivity index (χ0) is 36.6. The largest absolute Gasteiger partial charge is 0.300 e. The van der Waals surface area contributed by atoms with Crippen molar-refractivity contribution in [3.05, 3.63) is 203 Å². The van der Waals surface area contributed by atoms with Crippen LogP contribution in [0.15, 0.2) is 170 Å². The van der Waals surface area contributed by atoms with Gasteiger partial charge in [0, 0.05) is 13.1 Å². The number of hydrogen-bond donors (Lipinski definition) is 0. The van der Waals surface area contributed by atoms with Crippen LogP contribution in [0.5, 0.6) is 0 Å². The highest BCUT2D eigenvalue weighted by Gasteiger charge is 2.53. The molecule has 1 aliphatic heterocycles. The van der Waals surface area contributed by atoms with Crippen LogP contribution in [0, 0.1) is 0 Å². The zero-order valence-corrected chi connectivity index (χ0v) is 32.8. The summed E-state index contributed by atoms with van der Waals surface area (Å²) in [6.07, 6.45) is 0. The second kappa shape index (κ2) is 16.7. The second-order valence-electron chi connectivity index (χ2n) is 14.0. The summed E-state index contributed by atoms with van der Waals surface area (Å²) >= 11 is 0. The molecule has 0 saturated heterocycles. The average molecular weight is 709 g/mol. The molecule has 0 atom stereocenters. The van der Waals surface area contributed by atoms with E-state index in [1.807, 2.05) is 0 Å². The molecule has 1 aliphatic rings. The Morgan fingerprint density at radius 1 is 0.340 bits per heavy atom. The minimum absolute atomic E-state index is 0.954. The van der Waals surface area contributed by atoms with Crippen molar-refractivity contribution in [2.24, 2.45) is 0 Å². The first kappa shape index (κ1) is 36.3. The Labute approximate surface area is 318 Å². The van der Waals surface area contributed by atoms with Gasteiger partial charge in [-0.25, -0.2) is 0 Å². The maximum absolute atomic E-state index is 3.04. The summed E-state index contributed by atoms with van der Waals surface area (Å²) < 4.78 is 0. The summed E-state index contributed by atoms with van der Waals surface area (Å²) in [5, 5.41) is 5.73. The first-order valence-electron chi connectivity index (χ1n) is 19.5. The predicted molar refractivity (Wildman–Crippen MR) is 231 cm³/mol. The first-order chi connectivity index (χ1) is 26.1. The Morgan fingerprint density at radius 3 is 0.906 bits per heavy atom. The average Bonchev–Trinajstić information content (AvgIpc) is 3.56. The molecule has 0 unspecified atom stereocenters. The molecule has 2 nitrogen and oxygen atoms in total. The Bertz CT molecular complexity index is 1970. The van der Waals surface area contributed by atoms with E-state index in [9.17, 15) is 0 Å². The molecular weight excluding hydrogens is 657 g/mol. The highest BCUT2D eigenvalue weighted by molar-refractivity contribution is 7.29. The standard InChI is InChI=1S/C50H52N2Si/c1-5-51(6-2)37-39-29-33-45(34-30-39)53(46-35-31-40(32-36-46)38-52(7-3)8-4)49(43-25-17-11-18-26-43)47(41-21-13-9-14-22-41)48(42-23-15-10-16-24-42)50(53)44-27-19-12-20-28-44/h9-36H,5-8,37-38H2,1-4H3. The topological polar surface area (TPSA) is 6.48 Å². The molecule has 1 heterocycles. The van der Waals surface area contributed by atoms with Gasteiger partial charge < -0.3 is 0 Å². The lowest BCUT2D eigenvalue weighted by Gasteiger charge is -2.36. The number of hydrogen-bond acceptors (Lipinski definition) is 2. The van der Waals surface area contributed by atoms with Crippen LogP contribution in [-0.2, 0) is 13.1 Å². The molecule has 6 aromatic rings. The van der Waals surface area contributed by atoms with E-state index < -0.39 is 8.07 Å². The Balaban J connectivity index is 1.64. The van der Waals surface area contributed by atoms with E-state index in [0.717, 1.165) is 39.3 Å². The van der Waals surface area contributed by atoms with Gasteiger partial charge in [-0.3, -0.25) is 9.80 Å². The van der Waals surface area contributed by atoms with Crippen LogP contribution >= 0.6 is 0 Å². The molecule has 0 spiro atoms. The first-order valence-corrected chi connectivity index (χ1v) is 21.5. The summed E-state index contributed by atoms with van der Waals surface area (Å²) in [4.78, 5) is 5.00. The third-order valence-electron chi connectivity index (χ3n) is 11.1. The molecule has 0 aromatic heterocycles. The number of nitrogens with zero attached hydrogens (tertiary/aromatic N) is 2. The minimum atomic E-state index is -3.04. The zero-order valence-electron chi connectivity index (χ0n) is 31.8. The fourth-order valence-electron chi connectivity index (χ4n) is 8.34. The van der Waals surface area contributed by atoms with E-state index in [1.54, 1.807) is 0 Å². The highest BCUT2D eigenvalue weighted by Crippen LogP contribution is 2.55. The van der Waals surface area contributed by atoms with Gasteiger partial charge in [0.2, 0.25) is 0 Å². The molecular formula is C50H52N2Si. The molecule has 0 radical (unpaired) electrons. The van der Waals surface area contributed by atoms with Gasteiger partial charge in [0.15, 0.2) is 8.07 Å². The lowest BCUT2D eigenvalue weighted by molar-refractivity contribution is 0.296. The third-order valence-corrected chi connectivity index (χ3v) is 16.1. The summed E-state index contributed by atoms with van der Waals surface area (Å²) in [5.41, 5.74) is 10.5. The van der Waals surface area contributed by atoms with Crippen LogP contribution in [0.1, 0.15) is 61.1 Å². The lowest BCUT2D eigenvalue weighted by atomic mass is 9.89. The Hall–Kier alpha value is -5.06. The molecule has 0 aliphatic carbocycles. The van der Waals surface area contributed by atoms with Gasteiger partial charge in [-0.2, -0.15) is 0 Å². The third kappa shape index (κ3) is 7.17. The van der Waals surface area contributed by atoms with Gasteiger partial charge in [-0.05, 0) is 91.5 Å². The van der Waals surface area contributed by atoms with Crippen molar-refractivity contribution in [2.75, 3.05) is 26.2 Å². The summed E-state index contributed by atoms with van der Waals surface area (Å²) in [6.45, 7) is 15.1. The van der Waals surface area contributed by atoms with E-state index in [4.69, 9.17) is 0 Å². The quantitative estimate of drug-likeness (QED) is 0.104. The maximum atomic E-state index is 2.50. The van der Waals surface area contributed by atoms with Crippen LogP contribution in [0.3, 0.4) is 0 Å². The molecule has 3 heteroatoms. The van der Waals surface area contributed by atoms with Crippen molar-refractivity contribution in [3.8, 4) is 0 Å². The highest BCUT2D eigenvalue weighted by atomic mass is 28.3. The van der Waals surface area contributed by atoms with E-state index in [2.05, 4.69) is 207 Å². The number of benzene rings is 6. The minimum Gasteiger partial charge on any atom is -0.300 e. The van der Waals surface area contributed by atoms with Crippen LogP contribution in [0.25, 0.3) is 21.5 Å². The predicted octanol–water partition coefficient (Wildman–Crippen LogP) is 10.2. The fraction of sp³-hybridized carbons (Fsp3) is 0.200. The van der Waals surface area contributed by atoms with Crippen LogP contribution in [0.2, 0.25) is 0 Å². The SMILES string of the molecule is CCN(CC)Cc1ccc([Si]2(c3ccc(CN(CC)CC)cc3)C(c3ccccc3)=C(c3ccccc3)C(c3ccccc3)=C2c2ccccc2)cc1. The van der Waals surface area contributed by atoms with Gasteiger partial charge in [0.1, 0.15) is 0 Å². The number of allylic oxidation sites excluding steroid dienone is 2. The second-order valence-corrected chi connectivity index (χ2v) is 17.7. The van der Waals surface area contributed by atoms with Crippen molar-refractivity contribution in [1.82, 2.24) is 9.80 Å². The Kier molecular flexibility index (Phi) is 11.5. The molecule has 6 aromatic carbocycles. The molecule has 0 fully saturated rings. The van der Waals surface area contributed by atoms with Crippen molar-refractivity contribution < 1.29 is 0 Å². The molecule has 53 heavy (non-hydrogen) atoms. The monoisotopic (exact) mass is 708 g/mol. The van der Waals surface area contributed by atoms with Gasteiger partial charge in [-0.1, -0.05) is 198 Å². The van der Waals surface area contributed by atoms with Crippen LogP contribution < -0.4 is 10.4 Å². The van der Waals surface area contributed by atoms with Crippen molar-refractivity contribution in [3.63, 3.8) is 0 Å². The van der Waals surface area contributed by atoms with Gasteiger partial charge in [-0.15, -0.1) is 0 Å². The summed E-state index contributed by atoms with van der Waals surface area (Å²) in [7, 11) is -3.04. The molecule has 0 bridgehead atoms. The Morgan fingerprint density at radius 2 is 0.623 bits per heavy atom. The van der Waals surface area contributed by atoms with Gasteiger partial charge >= 0.3 is 0 Å². The van der Waals surface area contributed by atoms with Crippen LogP contribution in [-0.4, -0.2) is 44.1 Å². The molecule has 0 N–H and O–H groups in total. The molecule has 7 rings (SSSR count). The molecule has 0 amide bonds. The van der Waals surface area contributed by atoms with Crippen molar-refractivity contribution >= 4 is 40.0 Å². The normalized spacial score (nSPS) is 14.1. The van der Waals surface area contributed by atoms with Gasteiger partial charge in [0.25, 0.3) is 0 Å². The van der Waals surface area contributed by atoms with Gasteiger partial charge in [0.05, 0.1) is 0 Å². The maximum Gasteiger partial charge on any atom is 0.182 e. The van der Waals surface area contributed by atoms with E-state index in [1.165, 1.54) is 65.3 Å². The summed E-state index contributed by atoms with van der Waals surface area (Å²) in [5.74, 6) is 0. The van der Waals surface area contributed by atoms with Crippen molar-refractivity contribution in [1.29, 1.82) is 0 Å².